The number of halogens is 1. The summed E-state index contributed by atoms with van der Waals surface area (Å²) in [7, 11) is 1.38. The molecule has 3 unspecified atom stereocenters. The van der Waals surface area contributed by atoms with Crippen LogP contribution in [-0.4, -0.2) is 73.2 Å². The maximum Gasteiger partial charge on any atom is 0.270 e. The van der Waals surface area contributed by atoms with E-state index in [4.69, 9.17) is 19.0 Å². The number of nitrogens with zero attached hydrogens (tertiary/aromatic N) is 3. The van der Waals surface area contributed by atoms with E-state index in [0.29, 0.717) is 55.4 Å². The quantitative estimate of drug-likeness (QED) is 0.498. The van der Waals surface area contributed by atoms with Crippen molar-refractivity contribution in [1.82, 2.24) is 20.6 Å². The number of benzene rings is 1. The third-order valence-electron chi connectivity index (χ3n) is 5.56. The average molecular weight is 487 g/mol. The van der Waals surface area contributed by atoms with E-state index in [-0.39, 0.29) is 36.3 Å². The molecule has 1 saturated heterocycles. The van der Waals surface area contributed by atoms with Crippen LogP contribution in [0.25, 0.3) is 0 Å². The monoisotopic (exact) mass is 487 g/mol. The van der Waals surface area contributed by atoms with Gasteiger partial charge in [-0.15, -0.1) is 0 Å². The minimum absolute atomic E-state index is 0.103. The molecule has 2 aliphatic heterocycles. The highest BCUT2D eigenvalue weighted by molar-refractivity contribution is 6.02. The highest BCUT2D eigenvalue weighted by atomic mass is 19.1. The molecule has 0 spiro atoms. The van der Waals surface area contributed by atoms with Crippen molar-refractivity contribution in [2.24, 2.45) is 5.16 Å². The molecular formula is C23H26FN5O6. The number of nitrogens with one attached hydrogen (secondary N) is 2. The number of ether oxygens (including phenoxy) is 3. The zero-order valence-corrected chi connectivity index (χ0v) is 19.3. The van der Waals surface area contributed by atoms with Crippen LogP contribution in [0.4, 0.5) is 4.39 Å². The second-order valence-electron chi connectivity index (χ2n) is 8.08. The van der Waals surface area contributed by atoms with E-state index in [1.165, 1.54) is 19.2 Å². The molecule has 2 amide bonds. The summed E-state index contributed by atoms with van der Waals surface area (Å²) < 4.78 is 30.1. The highest BCUT2D eigenvalue weighted by Crippen LogP contribution is 2.23. The smallest absolute Gasteiger partial charge is 0.270 e. The number of hydrogen-bond acceptors (Lipinski definition) is 9. The fourth-order valence-electron chi connectivity index (χ4n) is 3.74. The molecule has 3 atom stereocenters. The van der Waals surface area contributed by atoms with Crippen LogP contribution in [-0.2, 0) is 25.7 Å². The van der Waals surface area contributed by atoms with Gasteiger partial charge in [-0.05, 0) is 30.7 Å². The molecule has 0 saturated carbocycles. The van der Waals surface area contributed by atoms with E-state index in [1.807, 2.05) is 0 Å². The lowest BCUT2D eigenvalue weighted by atomic mass is 10.0. The van der Waals surface area contributed by atoms with Gasteiger partial charge in [0.15, 0.2) is 17.7 Å². The topological polar surface area (TPSA) is 133 Å². The van der Waals surface area contributed by atoms with Crippen LogP contribution in [0.3, 0.4) is 0 Å². The number of rotatable bonds is 9. The second-order valence-corrected chi connectivity index (χ2v) is 8.08. The molecule has 4 rings (SSSR count). The van der Waals surface area contributed by atoms with Crippen molar-refractivity contribution in [2.45, 2.75) is 38.2 Å². The van der Waals surface area contributed by atoms with Gasteiger partial charge in [-0.2, -0.15) is 0 Å². The van der Waals surface area contributed by atoms with Crippen molar-refractivity contribution >= 4 is 18.0 Å². The molecule has 2 aromatic rings. The van der Waals surface area contributed by atoms with Gasteiger partial charge < -0.3 is 29.7 Å². The van der Waals surface area contributed by atoms with Gasteiger partial charge in [0.25, 0.3) is 5.91 Å². The molecule has 11 nitrogen and oxygen atoms in total. The van der Waals surface area contributed by atoms with Crippen molar-refractivity contribution in [3.63, 3.8) is 0 Å². The fraction of sp³-hybridized carbons (Fsp3) is 0.435. The Morgan fingerprint density at radius 3 is 2.83 bits per heavy atom. The van der Waals surface area contributed by atoms with Gasteiger partial charge in [0.05, 0.1) is 32.1 Å². The van der Waals surface area contributed by atoms with Crippen LogP contribution in [0.1, 0.15) is 34.0 Å². The van der Waals surface area contributed by atoms with Gasteiger partial charge in [-0.25, -0.2) is 14.4 Å². The van der Waals surface area contributed by atoms with E-state index in [2.05, 4.69) is 25.8 Å². The summed E-state index contributed by atoms with van der Waals surface area (Å²) in [5, 5.41) is 9.48. The lowest BCUT2D eigenvalue weighted by molar-refractivity contribution is -0.169. The summed E-state index contributed by atoms with van der Waals surface area (Å²) in [5.74, 6) is -0.372. The fourth-order valence-corrected chi connectivity index (χ4v) is 3.74. The second kappa shape index (κ2) is 11.2. The van der Waals surface area contributed by atoms with Crippen molar-refractivity contribution < 1.29 is 33.0 Å². The Morgan fingerprint density at radius 1 is 1.23 bits per heavy atom. The summed E-state index contributed by atoms with van der Waals surface area (Å²) in [6, 6.07) is 5.93. The van der Waals surface area contributed by atoms with E-state index in [9.17, 15) is 14.0 Å². The normalized spacial score (nSPS) is 21.6. The molecule has 0 radical (unpaired) electrons. The van der Waals surface area contributed by atoms with E-state index >= 15 is 0 Å². The van der Waals surface area contributed by atoms with Crippen LogP contribution in [0.2, 0.25) is 0 Å². The van der Waals surface area contributed by atoms with Crippen LogP contribution in [0.15, 0.2) is 29.4 Å². The van der Waals surface area contributed by atoms with E-state index < -0.39 is 11.7 Å². The Bertz CT molecular complexity index is 1110. The van der Waals surface area contributed by atoms with Crippen molar-refractivity contribution in [3.05, 3.63) is 52.9 Å². The molecule has 1 aromatic carbocycles. The predicted octanol–water partition coefficient (Wildman–Crippen LogP) is 0.886. The van der Waals surface area contributed by atoms with Crippen LogP contribution in [0.5, 0.6) is 5.75 Å². The summed E-state index contributed by atoms with van der Waals surface area (Å²) in [6.07, 6.45) is 0.166. The molecule has 2 aliphatic rings. The first-order valence-electron chi connectivity index (χ1n) is 11.1. The molecule has 35 heavy (non-hydrogen) atoms. The number of aryl methyl sites for hydroxylation is 1. The molecule has 186 valence electrons. The van der Waals surface area contributed by atoms with Crippen LogP contribution in [0, 0.1) is 12.7 Å². The molecule has 2 N–H and O–H groups in total. The van der Waals surface area contributed by atoms with Crippen molar-refractivity contribution in [3.8, 4) is 5.75 Å². The third kappa shape index (κ3) is 6.08. The minimum atomic E-state index is -0.476. The molecule has 3 heterocycles. The highest BCUT2D eigenvalue weighted by Gasteiger charge is 2.35. The van der Waals surface area contributed by atoms with Gasteiger partial charge in [-0.3, -0.25) is 9.59 Å². The Morgan fingerprint density at radius 2 is 2.09 bits per heavy atom. The first-order chi connectivity index (χ1) is 17.0. The Kier molecular flexibility index (Phi) is 7.83. The molecule has 12 heteroatoms. The lowest BCUT2D eigenvalue weighted by Gasteiger charge is -2.31. The number of methoxy groups -OCH3 is 1. The van der Waals surface area contributed by atoms with E-state index in [0.717, 1.165) is 0 Å². The van der Waals surface area contributed by atoms with Crippen LogP contribution >= 0.6 is 0 Å². The maximum absolute atomic E-state index is 13.6. The third-order valence-corrected chi connectivity index (χ3v) is 5.56. The Hall–Kier alpha value is -3.64. The Labute approximate surface area is 201 Å². The van der Waals surface area contributed by atoms with Gasteiger partial charge in [0.2, 0.25) is 6.41 Å². The standard InChI is InChI=1S/C23H26FN5O6/c1-13-27-17(18-7-21(35-29-18)22-11-33-15(10-34-22)9-25-12-30)6-19(28-13)23(31)26-8-14-3-4-16(24)20(5-14)32-2/h3-6,12,15,21-22H,7-11H2,1-2H3,(H,25,30)(H,26,31). The molecular weight excluding hydrogens is 461 g/mol. The zero-order chi connectivity index (χ0) is 24.8. The first-order valence-corrected chi connectivity index (χ1v) is 11.1. The Balaban J connectivity index is 1.35. The number of carbonyl (C=O) groups excluding carboxylic acids is 2. The summed E-state index contributed by atoms with van der Waals surface area (Å²) in [4.78, 5) is 37.3. The predicted molar refractivity (Wildman–Crippen MR) is 120 cm³/mol. The minimum Gasteiger partial charge on any atom is -0.494 e. The number of oxime groups is 1. The molecule has 1 fully saturated rings. The van der Waals surface area contributed by atoms with Gasteiger partial charge >= 0.3 is 0 Å². The van der Waals surface area contributed by atoms with Gasteiger partial charge in [-0.1, -0.05) is 11.2 Å². The summed E-state index contributed by atoms with van der Waals surface area (Å²) in [6.45, 7) is 2.87. The maximum atomic E-state index is 13.6. The summed E-state index contributed by atoms with van der Waals surface area (Å²) >= 11 is 0. The average Bonchev–Trinajstić information content (AvgIpc) is 3.37. The zero-order valence-electron chi connectivity index (χ0n) is 19.3. The number of amides is 2. The molecule has 1 aromatic heterocycles. The first kappa shape index (κ1) is 24.5. The van der Waals surface area contributed by atoms with Crippen molar-refractivity contribution in [2.75, 3.05) is 26.9 Å². The SMILES string of the molecule is COc1cc(CNC(=O)c2cc(C3=NOC(C4COC(CNC=O)CO4)C3)nc(C)n2)ccc1F. The summed E-state index contributed by atoms with van der Waals surface area (Å²) in [5.41, 5.74) is 1.91. The van der Waals surface area contributed by atoms with Crippen molar-refractivity contribution in [1.29, 1.82) is 0 Å². The number of aromatic nitrogens is 2. The van der Waals surface area contributed by atoms with E-state index in [1.54, 1.807) is 19.1 Å². The largest absolute Gasteiger partial charge is 0.494 e. The van der Waals surface area contributed by atoms with Gasteiger partial charge in [0, 0.05) is 19.5 Å². The molecule has 0 aliphatic carbocycles. The molecule has 0 bridgehead atoms. The number of carbonyl (C=O) groups is 2. The van der Waals surface area contributed by atoms with Crippen LogP contribution < -0.4 is 15.4 Å². The lowest BCUT2D eigenvalue weighted by Crippen LogP contribution is -2.45. The number of hydrogen-bond donors (Lipinski definition) is 2. The van der Waals surface area contributed by atoms with Gasteiger partial charge in [0.1, 0.15) is 23.3 Å².